The molecule has 1 aromatic carbocycles. The van der Waals surface area contributed by atoms with E-state index in [1.807, 2.05) is 0 Å². The van der Waals surface area contributed by atoms with Crippen LogP contribution in [0, 0.1) is 0 Å². The maximum Gasteiger partial charge on any atom is 0.272 e. The monoisotopic (exact) mass is 364 g/mol. The minimum atomic E-state index is -0.265. The lowest BCUT2D eigenvalue weighted by atomic mass is 9.79. The topological polar surface area (TPSA) is 57.6 Å². The van der Waals surface area contributed by atoms with Crippen molar-refractivity contribution in [3.8, 4) is 0 Å². The minimum absolute atomic E-state index is 0.133. The van der Waals surface area contributed by atoms with Gasteiger partial charge in [-0.2, -0.15) is 5.10 Å². The maximum absolute atomic E-state index is 12.0. The number of aromatic nitrogens is 1. The van der Waals surface area contributed by atoms with Crippen LogP contribution in [0.5, 0.6) is 0 Å². The van der Waals surface area contributed by atoms with Crippen LogP contribution in [0.25, 0.3) is 0 Å². The maximum atomic E-state index is 12.0. The van der Waals surface area contributed by atoms with Crippen LogP contribution in [0.15, 0.2) is 47.8 Å². The first-order valence-corrected chi connectivity index (χ1v) is 9.46. The Kier molecular flexibility index (Phi) is 5.31. The smallest absolute Gasteiger partial charge is 0.272 e. The quantitative estimate of drug-likeness (QED) is 0.648. The third-order valence-electron chi connectivity index (χ3n) is 5.12. The fourth-order valence-corrected chi connectivity index (χ4v) is 4.26. The van der Waals surface area contributed by atoms with Crippen molar-refractivity contribution in [3.63, 3.8) is 0 Å². The van der Waals surface area contributed by atoms with Crippen molar-refractivity contribution in [1.29, 1.82) is 0 Å². The van der Waals surface area contributed by atoms with Gasteiger partial charge in [-0.25, -0.2) is 5.43 Å². The molecule has 0 bridgehead atoms. The molecule has 142 valence electrons. The Bertz CT molecular complexity index is 843. The van der Waals surface area contributed by atoms with Gasteiger partial charge in [-0.05, 0) is 75.4 Å². The normalized spacial score (nSPS) is 18.6. The van der Waals surface area contributed by atoms with E-state index >= 15 is 0 Å². The number of nitrogens with zero attached hydrogens (tertiary/aromatic N) is 3. The number of carbonyl (C=O) groups excluding carboxylic acids is 1. The molecule has 0 radical (unpaired) electrons. The van der Waals surface area contributed by atoms with Gasteiger partial charge >= 0.3 is 0 Å². The number of hydrogen-bond donors (Lipinski definition) is 1. The van der Waals surface area contributed by atoms with Gasteiger partial charge in [0.2, 0.25) is 0 Å². The summed E-state index contributed by atoms with van der Waals surface area (Å²) in [6.07, 6.45) is 5.96. The van der Waals surface area contributed by atoms with Crippen molar-refractivity contribution < 1.29 is 4.79 Å². The number of pyridine rings is 1. The summed E-state index contributed by atoms with van der Waals surface area (Å²) in [7, 11) is 0. The molecule has 1 aliphatic rings. The van der Waals surface area contributed by atoms with Crippen LogP contribution in [0.2, 0.25) is 0 Å². The molecule has 0 saturated carbocycles. The minimum Gasteiger partial charge on any atom is -0.364 e. The summed E-state index contributed by atoms with van der Waals surface area (Å²) in [5.41, 5.74) is 6.80. The number of nitrogens with one attached hydrogen (secondary N) is 1. The number of anilines is 1. The van der Waals surface area contributed by atoms with Gasteiger partial charge in [0.05, 0.1) is 11.8 Å². The average molecular weight is 364 g/mol. The Balaban J connectivity index is 1.80. The highest BCUT2D eigenvalue weighted by atomic mass is 16.2. The lowest BCUT2D eigenvalue weighted by Crippen LogP contribution is -2.51. The third kappa shape index (κ3) is 4.02. The molecule has 3 rings (SSSR count). The van der Waals surface area contributed by atoms with Gasteiger partial charge in [0.1, 0.15) is 0 Å². The average Bonchev–Trinajstić information content (AvgIpc) is 2.61. The van der Waals surface area contributed by atoms with Gasteiger partial charge in [-0.15, -0.1) is 0 Å². The third-order valence-corrected chi connectivity index (χ3v) is 5.12. The summed E-state index contributed by atoms with van der Waals surface area (Å²) in [5, 5.41) is 4.11. The van der Waals surface area contributed by atoms with Crippen molar-refractivity contribution >= 4 is 17.8 Å². The zero-order valence-electron chi connectivity index (χ0n) is 16.7. The van der Waals surface area contributed by atoms with E-state index in [1.165, 1.54) is 17.4 Å². The molecule has 5 heteroatoms. The highest BCUT2D eigenvalue weighted by Crippen LogP contribution is 2.44. The van der Waals surface area contributed by atoms with Gasteiger partial charge in [0.25, 0.3) is 5.91 Å². The number of amides is 1. The molecule has 1 amide bonds. The summed E-state index contributed by atoms with van der Waals surface area (Å²) in [5.74, 6) is 0.210. The SMILES string of the molecule is CC(C)N1c2ccc(/C=N\NC(=O)c3cccnc3)cc2[C@@H](C)CC1(C)C. The number of fused-ring (bicyclic) bond motifs is 1. The Morgan fingerprint density at radius 2 is 2.15 bits per heavy atom. The standard InChI is InChI=1S/C22H28N4O/c1-15(2)26-20-9-8-17(11-19(20)16(3)12-22(26,4)5)13-24-25-21(27)18-7-6-10-23-14-18/h6-11,13-16H,12H2,1-5H3,(H,25,27)/b24-13-/t16-/m0/s1. The van der Waals surface area contributed by atoms with Gasteiger partial charge in [-0.1, -0.05) is 13.0 Å². The molecule has 1 aromatic heterocycles. The van der Waals surface area contributed by atoms with Crippen LogP contribution in [0.3, 0.4) is 0 Å². The number of hydrogen-bond acceptors (Lipinski definition) is 4. The number of carbonyl (C=O) groups is 1. The highest BCUT2D eigenvalue weighted by molar-refractivity contribution is 5.94. The summed E-state index contributed by atoms with van der Waals surface area (Å²) in [6.45, 7) is 11.4. The second-order valence-corrected chi connectivity index (χ2v) is 8.14. The van der Waals surface area contributed by atoms with Crippen LogP contribution in [0.4, 0.5) is 5.69 Å². The van der Waals surface area contributed by atoms with E-state index in [4.69, 9.17) is 0 Å². The fraction of sp³-hybridized carbons (Fsp3) is 0.409. The first kappa shape index (κ1) is 19.1. The van der Waals surface area contributed by atoms with E-state index in [9.17, 15) is 4.79 Å². The highest BCUT2D eigenvalue weighted by Gasteiger charge is 2.37. The van der Waals surface area contributed by atoms with E-state index in [0.717, 1.165) is 12.0 Å². The molecule has 0 fully saturated rings. The van der Waals surface area contributed by atoms with E-state index in [1.54, 1.807) is 24.5 Å². The number of benzene rings is 1. The van der Waals surface area contributed by atoms with Crippen LogP contribution < -0.4 is 10.3 Å². The molecule has 0 spiro atoms. The molecule has 1 atom stereocenters. The molecule has 27 heavy (non-hydrogen) atoms. The second-order valence-electron chi connectivity index (χ2n) is 8.14. The fourth-order valence-electron chi connectivity index (χ4n) is 4.26. The van der Waals surface area contributed by atoms with Gasteiger partial charge in [0.15, 0.2) is 0 Å². The molecule has 0 aliphatic carbocycles. The van der Waals surface area contributed by atoms with Crippen molar-refractivity contribution in [2.75, 3.05) is 4.90 Å². The largest absolute Gasteiger partial charge is 0.364 e. The van der Waals surface area contributed by atoms with Gasteiger partial charge in [-0.3, -0.25) is 9.78 Å². The van der Waals surface area contributed by atoms with Crippen LogP contribution in [0.1, 0.15) is 68.4 Å². The molecule has 0 saturated heterocycles. The molecular formula is C22H28N4O. The Labute approximate surface area is 161 Å². The first-order chi connectivity index (χ1) is 12.8. The lowest BCUT2D eigenvalue weighted by Gasteiger charge is -2.50. The zero-order valence-corrected chi connectivity index (χ0v) is 16.7. The van der Waals surface area contributed by atoms with Crippen molar-refractivity contribution in [2.45, 2.75) is 58.5 Å². The lowest BCUT2D eigenvalue weighted by molar-refractivity contribution is 0.0955. The Hall–Kier alpha value is -2.69. The van der Waals surface area contributed by atoms with Crippen LogP contribution in [-0.2, 0) is 0 Å². The van der Waals surface area contributed by atoms with E-state index in [0.29, 0.717) is 17.5 Å². The number of rotatable bonds is 4. The first-order valence-electron chi connectivity index (χ1n) is 9.46. The van der Waals surface area contributed by atoms with E-state index in [-0.39, 0.29) is 11.4 Å². The molecule has 1 N–H and O–H groups in total. The van der Waals surface area contributed by atoms with Gasteiger partial charge in [0, 0.05) is 29.7 Å². The predicted octanol–water partition coefficient (Wildman–Crippen LogP) is 4.35. The van der Waals surface area contributed by atoms with Crippen molar-refractivity contribution in [2.24, 2.45) is 5.10 Å². The molecule has 2 aromatic rings. The molecule has 0 unspecified atom stereocenters. The summed E-state index contributed by atoms with van der Waals surface area (Å²) < 4.78 is 0. The van der Waals surface area contributed by atoms with E-state index in [2.05, 4.69) is 73.2 Å². The molecule has 1 aliphatic heterocycles. The van der Waals surface area contributed by atoms with Gasteiger partial charge < -0.3 is 4.90 Å². The predicted molar refractivity (Wildman–Crippen MR) is 110 cm³/mol. The van der Waals surface area contributed by atoms with Crippen molar-refractivity contribution in [1.82, 2.24) is 10.4 Å². The second kappa shape index (κ2) is 7.51. The van der Waals surface area contributed by atoms with E-state index < -0.39 is 0 Å². The zero-order chi connectivity index (χ0) is 19.6. The molecule has 2 heterocycles. The summed E-state index contributed by atoms with van der Waals surface area (Å²) >= 11 is 0. The summed E-state index contributed by atoms with van der Waals surface area (Å²) in [6, 6.07) is 10.3. The Morgan fingerprint density at radius 3 is 2.81 bits per heavy atom. The molecule has 5 nitrogen and oxygen atoms in total. The number of hydrazone groups is 1. The summed E-state index contributed by atoms with van der Waals surface area (Å²) in [4.78, 5) is 18.5. The van der Waals surface area contributed by atoms with Crippen LogP contribution in [-0.4, -0.2) is 28.7 Å². The van der Waals surface area contributed by atoms with Crippen molar-refractivity contribution in [3.05, 3.63) is 59.4 Å². The molecular weight excluding hydrogens is 336 g/mol. The van der Waals surface area contributed by atoms with Crippen LogP contribution >= 0.6 is 0 Å². The Morgan fingerprint density at radius 1 is 1.37 bits per heavy atom.